The summed E-state index contributed by atoms with van der Waals surface area (Å²) in [5.41, 5.74) is 3.69. The summed E-state index contributed by atoms with van der Waals surface area (Å²) in [6.45, 7) is 8.21. The normalized spacial score (nSPS) is 27.1. The fourth-order valence-corrected chi connectivity index (χ4v) is 6.07. The monoisotopic (exact) mass is 406 g/mol. The van der Waals surface area contributed by atoms with Crippen molar-refractivity contribution in [1.29, 1.82) is 0 Å². The number of hydrogen-bond donors (Lipinski definition) is 1. The number of aromatic nitrogens is 2. The van der Waals surface area contributed by atoms with Gasteiger partial charge in [0.25, 0.3) is 0 Å². The van der Waals surface area contributed by atoms with Crippen LogP contribution in [0.1, 0.15) is 61.4 Å². The van der Waals surface area contributed by atoms with Crippen LogP contribution in [-0.4, -0.2) is 45.3 Å². The lowest BCUT2D eigenvalue weighted by atomic mass is 9.89. The molecule has 1 aromatic heterocycles. The van der Waals surface area contributed by atoms with Crippen molar-refractivity contribution in [2.24, 2.45) is 17.8 Å². The van der Waals surface area contributed by atoms with Crippen LogP contribution in [0.25, 0.3) is 0 Å². The Balaban J connectivity index is 1.36. The van der Waals surface area contributed by atoms with Crippen LogP contribution in [0.5, 0.6) is 0 Å². The van der Waals surface area contributed by atoms with Gasteiger partial charge in [0.15, 0.2) is 0 Å². The van der Waals surface area contributed by atoms with Gasteiger partial charge in [-0.3, -0.25) is 9.69 Å². The summed E-state index contributed by atoms with van der Waals surface area (Å²) in [6.07, 6.45) is 5.53. The van der Waals surface area contributed by atoms with Gasteiger partial charge in [-0.25, -0.2) is 4.98 Å². The third-order valence-electron chi connectivity index (χ3n) is 7.61. The second-order valence-corrected chi connectivity index (χ2v) is 9.55. The summed E-state index contributed by atoms with van der Waals surface area (Å²) in [5, 5.41) is 0. The Morgan fingerprint density at radius 2 is 1.90 bits per heavy atom. The highest BCUT2D eigenvalue weighted by Crippen LogP contribution is 2.46. The lowest BCUT2D eigenvalue weighted by Gasteiger charge is -2.31. The maximum absolute atomic E-state index is 13.4. The highest BCUT2D eigenvalue weighted by molar-refractivity contribution is 5.80. The fourth-order valence-electron chi connectivity index (χ4n) is 6.07. The summed E-state index contributed by atoms with van der Waals surface area (Å²) >= 11 is 0. The van der Waals surface area contributed by atoms with Crippen LogP contribution in [0.3, 0.4) is 0 Å². The van der Waals surface area contributed by atoms with Crippen LogP contribution in [0.15, 0.2) is 30.3 Å². The van der Waals surface area contributed by atoms with Crippen molar-refractivity contribution >= 4 is 5.91 Å². The standard InChI is InChI=1S/C25H34N4O/c1-3-23-26-17(2)22(27-23)16-28-13-20-14-29(25(30)19-11-7-8-12-19)24(21(20)15-28)18-9-5-4-6-10-18/h4-6,9-10,19-21,24H,3,7-8,11-16H2,1-2H3,(H,26,27)/t20-,21-,24+/m0/s1. The number of aromatic amines is 1. The van der Waals surface area contributed by atoms with E-state index in [9.17, 15) is 4.79 Å². The van der Waals surface area contributed by atoms with E-state index in [4.69, 9.17) is 4.98 Å². The number of amides is 1. The molecular formula is C25H34N4O. The average Bonchev–Trinajstić information content (AvgIpc) is 3.53. The van der Waals surface area contributed by atoms with Crippen LogP contribution in [0, 0.1) is 24.7 Å². The van der Waals surface area contributed by atoms with E-state index in [-0.39, 0.29) is 12.0 Å². The Morgan fingerprint density at radius 3 is 2.60 bits per heavy atom. The molecule has 30 heavy (non-hydrogen) atoms. The van der Waals surface area contributed by atoms with E-state index in [1.165, 1.54) is 29.8 Å². The summed E-state index contributed by atoms with van der Waals surface area (Å²) < 4.78 is 0. The molecular weight excluding hydrogens is 372 g/mol. The third kappa shape index (κ3) is 3.58. The van der Waals surface area contributed by atoms with Gasteiger partial charge in [-0.2, -0.15) is 0 Å². The van der Waals surface area contributed by atoms with Gasteiger partial charge >= 0.3 is 0 Å². The van der Waals surface area contributed by atoms with Gasteiger partial charge in [0.1, 0.15) is 5.82 Å². The number of rotatable bonds is 5. The van der Waals surface area contributed by atoms with Crippen molar-refractivity contribution in [3.8, 4) is 0 Å². The van der Waals surface area contributed by atoms with E-state index in [1.54, 1.807) is 0 Å². The summed E-state index contributed by atoms with van der Waals surface area (Å²) in [6, 6.07) is 11.0. The number of benzene rings is 1. The molecule has 1 N–H and O–H groups in total. The number of likely N-dealkylation sites (tertiary alicyclic amines) is 2. The molecule has 5 rings (SSSR count). The smallest absolute Gasteiger partial charge is 0.226 e. The van der Waals surface area contributed by atoms with E-state index < -0.39 is 0 Å². The minimum absolute atomic E-state index is 0.223. The van der Waals surface area contributed by atoms with E-state index in [0.29, 0.717) is 17.7 Å². The molecule has 0 bridgehead atoms. The van der Waals surface area contributed by atoms with Crippen LogP contribution >= 0.6 is 0 Å². The van der Waals surface area contributed by atoms with Crippen molar-refractivity contribution in [2.45, 2.75) is 58.5 Å². The molecule has 1 amide bonds. The molecule has 3 aliphatic rings. The summed E-state index contributed by atoms with van der Waals surface area (Å²) in [4.78, 5) is 26.4. The van der Waals surface area contributed by atoms with E-state index >= 15 is 0 Å². The second kappa shape index (κ2) is 8.18. The maximum atomic E-state index is 13.4. The van der Waals surface area contributed by atoms with E-state index in [0.717, 1.165) is 51.3 Å². The van der Waals surface area contributed by atoms with Gasteiger partial charge in [0, 0.05) is 50.1 Å². The first-order valence-corrected chi connectivity index (χ1v) is 11.8. The van der Waals surface area contributed by atoms with E-state index in [1.807, 2.05) is 0 Å². The molecule has 2 saturated heterocycles. The molecule has 1 aliphatic carbocycles. The SMILES string of the molecule is CCc1nc(CN2C[C@H]3CN(C(=O)C4CCCC4)[C@H](c4ccccc4)[C@H]3C2)c(C)[nH]1. The summed E-state index contributed by atoms with van der Waals surface area (Å²) in [5.74, 6) is 2.83. The lowest BCUT2D eigenvalue weighted by Crippen LogP contribution is -2.38. The zero-order valence-corrected chi connectivity index (χ0v) is 18.3. The number of fused-ring (bicyclic) bond motifs is 1. The fraction of sp³-hybridized carbons (Fsp3) is 0.600. The van der Waals surface area contributed by atoms with Gasteiger partial charge in [-0.15, -0.1) is 0 Å². The molecule has 0 radical (unpaired) electrons. The van der Waals surface area contributed by atoms with Crippen molar-refractivity contribution in [2.75, 3.05) is 19.6 Å². The number of aryl methyl sites for hydroxylation is 2. The Morgan fingerprint density at radius 1 is 1.13 bits per heavy atom. The lowest BCUT2D eigenvalue weighted by molar-refractivity contribution is -0.137. The first-order valence-electron chi connectivity index (χ1n) is 11.8. The van der Waals surface area contributed by atoms with Crippen molar-refractivity contribution in [3.63, 3.8) is 0 Å². The average molecular weight is 407 g/mol. The zero-order valence-electron chi connectivity index (χ0n) is 18.3. The van der Waals surface area contributed by atoms with Crippen LogP contribution in [-0.2, 0) is 17.8 Å². The quantitative estimate of drug-likeness (QED) is 0.813. The van der Waals surface area contributed by atoms with Crippen LogP contribution in [0.2, 0.25) is 0 Å². The van der Waals surface area contributed by atoms with Crippen molar-refractivity contribution in [3.05, 3.63) is 53.1 Å². The molecule has 2 aliphatic heterocycles. The molecule has 3 fully saturated rings. The first kappa shape index (κ1) is 19.8. The minimum Gasteiger partial charge on any atom is -0.346 e. The highest BCUT2D eigenvalue weighted by atomic mass is 16.2. The molecule has 2 aromatic rings. The Kier molecular flexibility index (Phi) is 5.40. The molecule has 5 nitrogen and oxygen atoms in total. The minimum atomic E-state index is 0.223. The predicted octanol–water partition coefficient (Wildman–Crippen LogP) is 4.10. The van der Waals surface area contributed by atoms with Crippen LogP contribution < -0.4 is 0 Å². The molecule has 3 heterocycles. The van der Waals surface area contributed by atoms with Gasteiger partial charge in [0.2, 0.25) is 5.91 Å². The molecule has 1 aromatic carbocycles. The number of carbonyl (C=O) groups excluding carboxylic acids is 1. The molecule has 3 atom stereocenters. The molecule has 5 heteroatoms. The predicted molar refractivity (Wildman–Crippen MR) is 118 cm³/mol. The number of imidazole rings is 1. The first-order chi connectivity index (χ1) is 14.6. The number of nitrogens with zero attached hydrogens (tertiary/aromatic N) is 3. The van der Waals surface area contributed by atoms with Crippen molar-refractivity contribution < 1.29 is 4.79 Å². The number of hydrogen-bond acceptors (Lipinski definition) is 3. The molecule has 0 spiro atoms. The third-order valence-corrected chi connectivity index (χ3v) is 7.61. The molecule has 1 saturated carbocycles. The number of nitrogens with one attached hydrogen (secondary N) is 1. The van der Waals surface area contributed by atoms with Gasteiger partial charge in [0.05, 0.1) is 11.7 Å². The van der Waals surface area contributed by atoms with Gasteiger partial charge in [-0.1, -0.05) is 50.1 Å². The Hall–Kier alpha value is -2.14. The second-order valence-electron chi connectivity index (χ2n) is 9.55. The zero-order chi connectivity index (χ0) is 20.7. The van der Waals surface area contributed by atoms with Gasteiger partial charge in [-0.05, 0) is 31.2 Å². The highest BCUT2D eigenvalue weighted by Gasteiger charge is 2.50. The Bertz CT molecular complexity index is 886. The summed E-state index contributed by atoms with van der Waals surface area (Å²) in [7, 11) is 0. The van der Waals surface area contributed by atoms with Gasteiger partial charge < -0.3 is 9.88 Å². The largest absolute Gasteiger partial charge is 0.346 e. The number of carbonyl (C=O) groups is 1. The number of H-pyrrole nitrogens is 1. The Labute approximate surface area is 179 Å². The van der Waals surface area contributed by atoms with Crippen molar-refractivity contribution in [1.82, 2.24) is 19.8 Å². The van der Waals surface area contributed by atoms with Crippen LogP contribution in [0.4, 0.5) is 0 Å². The molecule has 160 valence electrons. The van der Waals surface area contributed by atoms with E-state index in [2.05, 4.69) is 59.0 Å². The maximum Gasteiger partial charge on any atom is 0.226 e. The topological polar surface area (TPSA) is 52.2 Å². The molecule has 0 unspecified atom stereocenters.